The van der Waals surface area contributed by atoms with Crippen molar-refractivity contribution in [1.82, 2.24) is 0 Å². The first-order valence-electron chi connectivity index (χ1n) is 12.1. The van der Waals surface area contributed by atoms with Crippen molar-refractivity contribution in [2.75, 3.05) is 0 Å². The van der Waals surface area contributed by atoms with Gasteiger partial charge in [0.1, 0.15) is 17.1 Å². The first-order chi connectivity index (χ1) is 16.7. The molecule has 0 spiro atoms. The van der Waals surface area contributed by atoms with Crippen LogP contribution >= 0.6 is 0 Å². The molecule has 4 aliphatic rings. The van der Waals surface area contributed by atoms with Crippen molar-refractivity contribution in [3.8, 4) is 0 Å². The van der Waals surface area contributed by atoms with Crippen molar-refractivity contribution >= 4 is 29.1 Å². The maximum Gasteiger partial charge on any atom is 0.338 e. The molecule has 0 saturated heterocycles. The van der Waals surface area contributed by atoms with E-state index in [0.717, 1.165) is 0 Å². The van der Waals surface area contributed by atoms with Crippen molar-refractivity contribution in [2.45, 2.75) is 65.6 Å². The van der Waals surface area contributed by atoms with Gasteiger partial charge in [-0.25, -0.2) is 4.79 Å². The van der Waals surface area contributed by atoms with E-state index in [1.54, 1.807) is 38.2 Å². The molecule has 2 bridgehead atoms. The summed E-state index contributed by atoms with van der Waals surface area (Å²) in [5.41, 5.74) is -6.16. The maximum atomic E-state index is 13.8. The van der Waals surface area contributed by atoms with E-state index in [1.807, 2.05) is 0 Å². The maximum absolute atomic E-state index is 13.8. The Morgan fingerprint density at radius 1 is 1.03 bits per heavy atom. The lowest BCUT2D eigenvalue weighted by molar-refractivity contribution is -0.221. The molecule has 3 saturated carbocycles. The molecule has 0 aromatic carbocycles. The number of aliphatic hydroxyl groups excluding tert-OH is 1. The third kappa shape index (κ3) is 3.74. The highest BCUT2D eigenvalue weighted by molar-refractivity contribution is 6.24. The smallest absolute Gasteiger partial charge is 0.338 e. The van der Waals surface area contributed by atoms with Gasteiger partial charge < -0.3 is 14.9 Å². The fourth-order valence-corrected chi connectivity index (χ4v) is 6.43. The second-order valence-corrected chi connectivity index (χ2v) is 10.4. The van der Waals surface area contributed by atoms with E-state index >= 15 is 0 Å². The minimum absolute atomic E-state index is 0.0101. The molecule has 0 radical (unpaired) electrons. The summed E-state index contributed by atoms with van der Waals surface area (Å²) in [6, 6.07) is 0. The van der Waals surface area contributed by atoms with Gasteiger partial charge in [0.25, 0.3) is 0 Å². The molecule has 194 valence electrons. The molecular weight excluding hydrogens is 464 g/mol. The zero-order valence-electron chi connectivity index (χ0n) is 21.5. The monoisotopic (exact) mass is 498 g/mol. The van der Waals surface area contributed by atoms with Crippen LogP contribution < -0.4 is 0 Å². The highest BCUT2D eigenvalue weighted by atomic mass is 16.6. The Morgan fingerprint density at radius 3 is 2.19 bits per heavy atom. The van der Waals surface area contributed by atoms with E-state index < -0.39 is 75.2 Å². The van der Waals surface area contributed by atoms with Crippen LogP contribution in [-0.2, 0) is 28.7 Å². The Morgan fingerprint density at radius 2 is 1.67 bits per heavy atom. The van der Waals surface area contributed by atoms with Gasteiger partial charge in [-0.15, -0.1) is 0 Å². The van der Waals surface area contributed by atoms with E-state index in [0.29, 0.717) is 6.42 Å². The van der Waals surface area contributed by atoms with Crippen molar-refractivity contribution in [3.05, 3.63) is 47.8 Å². The number of carbonyl (C=O) groups is 5. The molecule has 0 aromatic heterocycles. The number of cyclic esters (lactones) is 1. The first kappa shape index (κ1) is 27.5. The summed E-state index contributed by atoms with van der Waals surface area (Å²) < 4.78 is 5.60. The summed E-state index contributed by atoms with van der Waals surface area (Å²) in [5.74, 6) is -9.33. The number of hydrogen-bond donors (Lipinski definition) is 2. The lowest BCUT2D eigenvalue weighted by Crippen LogP contribution is -2.77. The summed E-state index contributed by atoms with van der Waals surface area (Å²) in [4.78, 5) is 67.0. The molecule has 0 aromatic rings. The van der Waals surface area contributed by atoms with Gasteiger partial charge in [-0.2, -0.15) is 0 Å². The third-order valence-corrected chi connectivity index (χ3v) is 8.18. The molecular formula is C28H34O8. The third-order valence-electron chi connectivity index (χ3n) is 8.18. The second-order valence-electron chi connectivity index (χ2n) is 10.4. The zero-order valence-corrected chi connectivity index (χ0v) is 21.5. The number of hydrogen-bond acceptors (Lipinski definition) is 8. The molecule has 0 unspecified atom stereocenters. The van der Waals surface area contributed by atoms with Crippen molar-refractivity contribution in [3.63, 3.8) is 0 Å². The van der Waals surface area contributed by atoms with Gasteiger partial charge in [0.05, 0.1) is 16.9 Å². The summed E-state index contributed by atoms with van der Waals surface area (Å²) in [7, 11) is 0. The Labute approximate surface area is 210 Å². The van der Waals surface area contributed by atoms with Crippen LogP contribution in [0.15, 0.2) is 47.8 Å². The Bertz CT molecular complexity index is 1140. The van der Waals surface area contributed by atoms with E-state index in [1.165, 1.54) is 39.8 Å². The van der Waals surface area contributed by atoms with E-state index in [9.17, 15) is 34.2 Å². The number of carbonyl (C=O) groups excluding carboxylic acids is 5. The lowest BCUT2D eigenvalue weighted by atomic mass is 9.39. The molecule has 3 fully saturated rings. The van der Waals surface area contributed by atoms with Gasteiger partial charge in [0.2, 0.25) is 0 Å². The predicted octanol–water partition coefficient (Wildman–Crippen LogP) is 3.15. The van der Waals surface area contributed by atoms with Crippen LogP contribution in [0.3, 0.4) is 0 Å². The molecule has 4 rings (SSSR count). The summed E-state index contributed by atoms with van der Waals surface area (Å²) in [5, 5.41) is 22.5. The van der Waals surface area contributed by atoms with Gasteiger partial charge >= 0.3 is 5.97 Å². The number of aliphatic hydroxyl groups is 2. The molecule has 36 heavy (non-hydrogen) atoms. The minimum atomic E-state index is -2.20. The Kier molecular flexibility index (Phi) is 7.16. The highest BCUT2D eigenvalue weighted by Crippen LogP contribution is 2.64. The molecule has 8 nitrogen and oxygen atoms in total. The molecule has 8 heteroatoms. The summed E-state index contributed by atoms with van der Waals surface area (Å²) in [6.07, 6.45) is 9.80. The van der Waals surface area contributed by atoms with Crippen molar-refractivity contribution in [1.29, 1.82) is 0 Å². The first-order valence-corrected chi connectivity index (χ1v) is 12.1. The lowest BCUT2D eigenvalue weighted by Gasteiger charge is -2.62. The normalized spacial score (nSPS) is 38.7. The van der Waals surface area contributed by atoms with Crippen molar-refractivity contribution in [2.24, 2.45) is 29.1 Å². The fourth-order valence-electron chi connectivity index (χ4n) is 6.43. The van der Waals surface area contributed by atoms with Crippen LogP contribution in [0.1, 0.15) is 54.4 Å². The molecule has 1 aliphatic heterocycles. The number of allylic oxidation sites excluding steroid dienone is 6. The van der Waals surface area contributed by atoms with Crippen LogP contribution in [0, 0.1) is 29.1 Å². The molecule has 0 amide bonds. The average molecular weight is 499 g/mol. The quantitative estimate of drug-likeness (QED) is 0.171. The fraction of sp³-hybridized carbons (Fsp3) is 0.536. The molecule has 3 aliphatic carbocycles. The molecule has 7 atom stereocenters. The van der Waals surface area contributed by atoms with Crippen LogP contribution in [-0.4, -0.2) is 50.5 Å². The SMILES string of the molecule is C/C=C/C=C/C(=O)[C@H]1C(=O)[C@]2(C)C(=O)[C@](C)(O)[C@H]1[C@H]([C@@]1(C)OC(=O)C(C)=C1O)[C@H]2C(=O)CC/C=C/C. The Balaban J connectivity index is 2.30. The number of esters is 1. The van der Waals surface area contributed by atoms with Gasteiger partial charge in [-0.05, 0) is 54.0 Å². The van der Waals surface area contributed by atoms with E-state index in [-0.39, 0.29) is 12.0 Å². The zero-order chi connectivity index (χ0) is 27.2. The number of ether oxygens (including phenoxy) is 1. The average Bonchev–Trinajstić information content (AvgIpc) is 3.01. The van der Waals surface area contributed by atoms with Gasteiger partial charge in [-0.3, -0.25) is 19.2 Å². The second kappa shape index (κ2) is 9.39. The number of fused-ring (bicyclic) bond motifs is 3. The van der Waals surface area contributed by atoms with E-state index in [2.05, 4.69) is 0 Å². The van der Waals surface area contributed by atoms with Crippen LogP contribution in [0.2, 0.25) is 0 Å². The topological polar surface area (TPSA) is 135 Å². The standard InChI is InChI=1S/C28H34O8/c1-7-9-11-13-16(29)18-20-21(28(6)22(31)15(3)24(33)36-28)19(17(30)14-12-10-8-2)26(4,23(18)32)25(34)27(20,5)35/h7-11,13,18-21,31,35H,12,14H2,1-6H3/b9-7+,10-8+,13-11+/t18-,19-,20-,21-,26-,27-,28-/m1/s1. The largest absolute Gasteiger partial charge is 0.507 e. The molecule has 2 N–H and O–H groups in total. The predicted molar refractivity (Wildman–Crippen MR) is 131 cm³/mol. The summed E-state index contributed by atoms with van der Waals surface area (Å²) in [6.45, 7) is 8.83. The van der Waals surface area contributed by atoms with Gasteiger partial charge in [0, 0.05) is 24.2 Å². The number of ketones is 4. The molecule has 1 heterocycles. The van der Waals surface area contributed by atoms with Crippen LogP contribution in [0.4, 0.5) is 0 Å². The summed E-state index contributed by atoms with van der Waals surface area (Å²) >= 11 is 0. The van der Waals surface area contributed by atoms with Gasteiger partial charge in [0.15, 0.2) is 23.0 Å². The minimum Gasteiger partial charge on any atom is -0.507 e. The highest BCUT2D eigenvalue weighted by Gasteiger charge is 2.78. The number of Topliss-reactive ketones (excluding diaryl/α,β-unsaturated/α-hetero) is 3. The number of rotatable bonds is 8. The van der Waals surface area contributed by atoms with Crippen molar-refractivity contribution < 1.29 is 38.9 Å². The van der Waals surface area contributed by atoms with E-state index in [4.69, 9.17) is 4.74 Å². The Hall–Kier alpha value is -3.13. The van der Waals surface area contributed by atoms with Crippen LogP contribution in [0.5, 0.6) is 0 Å². The van der Waals surface area contributed by atoms with Gasteiger partial charge in [-0.1, -0.05) is 30.4 Å². The van der Waals surface area contributed by atoms with Crippen LogP contribution in [0.25, 0.3) is 0 Å².